The summed E-state index contributed by atoms with van der Waals surface area (Å²) in [5.74, 6) is 1.45. The molecule has 0 atom stereocenters. The van der Waals surface area contributed by atoms with Crippen molar-refractivity contribution >= 4 is 11.8 Å². The van der Waals surface area contributed by atoms with Crippen LogP contribution < -0.4 is 20.1 Å². The summed E-state index contributed by atoms with van der Waals surface area (Å²) in [5.41, 5.74) is 2.65. The summed E-state index contributed by atoms with van der Waals surface area (Å²) < 4.78 is 11.3. The molecule has 1 aliphatic heterocycles. The lowest BCUT2D eigenvalue weighted by atomic mass is 10.1. The minimum atomic E-state index is -0.0610. The molecule has 0 spiro atoms. The van der Waals surface area contributed by atoms with E-state index in [1.54, 1.807) is 12.1 Å². The molecule has 0 unspecified atom stereocenters. The molecule has 0 saturated carbocycles. The minimum absolute atomic E-state index is 0.0107. The Morgan fingerprint density at radius 1 is 0.933 bits per heavy atom. The van der Waals surface area contributed by atoms with Crippen molar-refractivity contribution in [2.24, 2.45) is 0 Å². The third-order valence-corrected chi connectivity index (χ3v) is 4.97. The molecule has 0 fully saturated rings. The van der Waals surface area contributed by atoms with Crippen LogP contribution in [0, 0.1) is 0 Å². The molecule has 2 aromatic carbocycles. The standard InChI is InChI=1S/C24H30N2O4/c1-2-3-13-25-24(28)20-9-5-19(6-10-20)17-26-23(27)12-8-18-7-11-21-22(16-18)30-15-4-14-29-21/h5-7,9-11,16H,2-4,8,12-15,17H2,1H3,(H,25,28)(H,26,27). The summed E-state index contributed by atoms with van der Waals surface area (Å²) in [7, 11) is 0. The second kappa shape index (κ2) is 11.2. The lowest BCUT2D eigenvalue weighted by molar-refractivity contribution is -0.121. The highest BCUT2D eigenvalue weighted by Gasteiger charge is 2.11. The van der Waals surface area contributed by atoms with E-state index >= 15 is 0 Å². The van der Waals surface area contributed by atoms with Crippen LogP contribution in [0.15, 0.2) is 42.5 Å². The highest BCUT2D eigenvalue weighted by molar-refractivity contribution is 5.94. The minimum Gasteiger partial charge on any atom is -0.490 e. The van der Waals surface area contributed by atoms with Gasteiger partial charge in [0, 0.05) is 31.5 Å². The molecular formula is C24H30N2O4. The Balaban J connectivity index is 1.42. The number of benzene rings is 2. The van der Waals surface area contributed by atoms with Crippen molar-refractivity contribution < 1.29 is 19.1 Å². The van der Waals surface area contributed by atoms with Gasteiger partial charge in [0.15, 0.2) is 11.5 Å². The number of nitrogens with one attached hydrogen (secondary N) is 2. The monoisotopic (exact) mass is 410 g/mol. The smallest absolute Gasteiger partial charge is 0.251 e. The van der Waals surface area contributed by atoms with Crippen LogP contribution in [0.25, 0.3) is 0 Å². The molecule has 3 rings (SSSR count). The first kappa shape index (κ1) is 21.7. The van der Waals surface area contributed by atoms with Gasteiger partial charge in [-0.05, 0) is 48.2 Å². The molecule has 6 nitrogen and oxygen atoms in total. The van der Waals surface area contributed by atoms with Gasteiger partial charge in [0.05, 0.1) is 13.2 Å². The first-order chi connectivity index (χ1) is 14.7. The van der Waals surface area contributed by atoms with E-state index in [1.807, 2.05) is 30.3 Å². The molecule has 0 saturated heterocycles. The van der Waals surface area contributed by atoms with Crippen LogP contribution in [0.3, 0.4) is 0 Å². The van der Waals surface area contributed by atoms with Crippen LogP contribution in [0.2, 0.25) is 0 Å². The predicted octanol–water partition coefficient (Wildman–Crippen LogP) is 3.63. The molecule has 6 heteroatoms. The lowest BCUT2D eigenvalue weighted by Crippen LogP contribution is -2.25. The number of hydrogen-bond acceptors (Lipinski definition) is 4. The van der Waals surface area contributed by atoms with E-state index in [2.05, 4.69) is 17.6 Å². The Morgan fingerprint density at radius 3 is 2.43 bits per heavy atom. The van der Waals surface area contributed by atoms with Crippen LogP contribution in [0.4, 0.5) is 0 Å². The fourth-order valence-electron chi connectivity index (χ4n) is 3.16. The molecule has 0 bridgehead atoms. The molecular weight excluding hydrogens is 380 g/mol. The Kier molecular flexibility index (Phi) is 8.12. The number of carbonyl (C=O) groups is 2. The van der Waals surface area contributed by atoms with E-state index in [0.29, 0.717) is 44.7 Å². The molecule has 2 aromatic rings. The van der Waals surface area contributed by atoms with Crippen LogP contribution in [0.1, 0.15) is 54.1 Å². The number of aryl methyl sites for hydroxylation is 1. The van der Waals surface area contributed by atoms with Crippen molar-refractivity contribution in [1.29, 1.82) is 0 Å². The maximum Gasteiger partial charge on any atom is 0.251 e. The van der Waals surface area contributed by atoms with E-state index < -0.39 is 0 Å². The summed E-state index contributed by atoms with van der Waals surface area (Å²) in [5, 5.41) is 5.84. The Morgan fingerprint density at radius 2 is 1.67 bits per heavy atom. The Bertz CT molecular complexity index is 849. The maximum absolute atomic E-state index is 12.2. The van der Waals surface area contributed by atoms with Crippen molar-refractivity contribution in [2.45, 2.75) is 45.6 Å². The summed E-state index contributed by atoms with van der Waals surface area (Å²) in [6.07, 6.45) is 3.93. The van der Waals surface area contributed by atoms with Crippen LogP contribution in [0.5, 0.6) is 11.5 Å². The van der Waals surface area contributed by atoms with Gasteiger partial charge in [-0.15, -0.1) is 0 Å². The fraction of sp³-hybridized carbons (Fsp3) is 0.417. The quantitative estimate of drug-likeness (QED) is 0.619. The largest absolute Gasteiger partial charge is 0.490 e. The van der Waals surface area contributed by atoms with E-state index in [4.69, 9.17) is 9.47 Å². The Labute approximate surface area is 178 Å². The lowest BCUT2D eigenvalue weighted by Gasteiger charge is -2.10. The zero-order chi connectivity index (χ0) is 21.2. The zero-order valence-electron chi connectivity index (χ0n) is 17.5. The van der Waals surface area contributed by atoms with Crippen LogP contribution in [-0.4, -0.2) is 31.6 Å². The normalized spacial score (nSPS) is 12.7. The second-order valence-electron chi connectivity index (χ2n) is 7.41. The Hall–Kier alpha value is -3.02. The molecule has 1 heterocycles. The average molecular weight is 411 g/mol. The van der Waals surface area contributed by atoms with E-state index in [1.165, 1.54) is 0 Å². The van der Waals surface area contributed by atoms with Crippen molar-refractivity contribution in [3.8, 4) is 11.5 Å². The number of hydrogen-bond donors (Lipinski definition) is 2. The van der Waals surface area contributed by atoms with Crippen molar-refractivity contribution in [3.05, 3.63) is 59.2 Å². The SMILES string of the molecule is CCCCNC(=O)c1ccc(CNC(=O)CCc2ccc3c(c2)OCCCO3)cc1. The first-order valence-electron chi connectivity index (χ1n) is 10.7. The summed E-state index contributed by atoms with van der Waals surface area (Å²) in [6.45, 7) is 4.54. The van der Waals surface area contributed by atoms with E-state index in [0.717, 1.165) is 41.9 Å². The van der Waals surface area contributed by atoms with E-state index in [9.17, 15) is 9.59 Å². The van der Waals surface area contributed by atoms with Gasteiger partial charge in [0.2, 0.25) is 5.91 Å². The van der Waals surface area contributed by atoms with Gasteiger partial charge in [-0.25, -0.2) is 0 Å². The van der Waals surface area contributed by atoms with Crippen molar-refractivity contribution in [1.82, 2.24) is 10.6 Å². The highest BCUT2D eigenvalue weighted by atomic mass is 16.5. The number of ether oxygens (including phenoxy) is 2. The number of fused-ring (bicyclic) bond motifs is 1. The third-order valence-electron chi connectivity index (χ3n) is 4.97. The molecule has 0 aliphatic carbocycles. The molecule has 0 radical (unpaired) electrons. The topological polar surface area (TPSA) is 76.7 Å². The number of amides is 2. The van der Waals surface area contributed by atoms with Gasteiger partial charge in [-0.2, -0.15) is 0 Å². The summed E-state index contributed by atoms with van der Waals surface area (Å²) in [4.78, 5) is 24.3. The number of unbranched alkanes of at least 4 members (excludes halogenated alkanes) is 1. The van der Waals surface area contributed by atoms with Gasteiger partial charge < -0.3 is 20.1 Å². The summed E-state index contributed by atoms with van der Waals surface area (Å²) in [6, 6.07) is 13.2. The van der Waals surface area contributed by atoms with Crippen molar-refractivity contribution in [2.75, 3.05) is 19.8 Å². The van der Waals surface area contributed by atoms with Gasteiger partial charge >= 0.3 is 0 Å². The molecule has 2 amide bonds. The van der Waals surface area contributed by atoms with Gasteiger partial charge in [-0.3, -0.25) is 9.59 Å². The maximum atomic E-state index is 12.2. The first-order valence-corrected chi connectivity index (χ1v) is 10.7. The highest BCUT2D eigenvalue weighted by Crippen LogP contribution is 2.30. The van der Waals surface area contributed by atoms with Gasteiger partial charge in [0.1, 0.15) is 0 Å². The molecule has 160 valence electrons. The third kappa shape index (κ3) is 6.51. The van der Waals surface area contributed by atoms with Crippen LogP contribution >= 0.6 is 0 Å². The molecule has 30 heavy (non-hydrogen) atoms. The van der Waals surface area contributed by atoms with Crippen LogP contribution in [-0.2, 0) is 17.8 Å². The number of rotatable bonds is 9. The second-order valence-corrected chi connectivity index (χ2v) is 7.41. The molecule has 0 aromatic heterocycles. The fourth-order valence-corrected chi connectivity index (χ4v) is 3.16. The van der Waals surface area contributed by atoms with Crippen molar-refractivity contribution in [3.63, 3.8) is 0 Å². The average Bonchev–Trinajstić information content (AvgIpc) is 3.01. The predicted molar refractivity (Wildman–Crippen MR) is 116 cm³/mol. The zero-order valence-corrected chi connectivity index (χ0v) is 17.5. The molecule has 2 N–H and O–H groups in total. The summed E-state index contributed by atoms with van der Waals surface area (Å²) >= 11 is 0. The molecule has 1 aliphatic rings. The van der Waals surface area contributed by atoms with Gasteiger partial charge in [-0.1, -0.05) is 31.5 Å². The van der Waals surface area contributed by atoms with E-state index in [-0.39, 0.29) is 11.8 Å². The van der Waals surface area contributed by atoms with Gasteiger partial charge in [0.25, 0.3) is 5.91 Å². The number of carbonyl (C=O) groups excluding carboxylic acids is 2.